The number of ether oxygens (including phenoxy) is 1. The Morgan fingerprint density at radius 1 is 1.24 bits per heavy atom. The summed E-state index contributed by atoms with van der Waals surface area (Å²) in [5.74, 6) is -0.307. The van der Waals surface area contributed by atoms with Crippen molar-refractivity contribution in [2.45, 2.75) is 11.9 Å². The Hall–Kier alpha value is -2.60. The molecule has 0 atom stereocenters. The molecule has 0 fully saturated rings. The standard InChI is InChI=1S/C19H16FNO3S/c1-11-7-12-8-14(24-2)4-5-16(12)21-19(11)25-10-18(23)15-9-13(20)3-6-17(15)22/h3-9,22H,10H2,1-2H3. The number of aromatic hydroxyl groups is 1. The van der Waals surface area contributed by atoms with E-state index in [1.165, 1.54) is 17.8 Å². The van der Waals surface area contributed by atoms with Crippen LogP contribution in [0.4, 0.5) is 4.39 Å². The van der Waals surface area contributed by atoms with Crippen molar-refractivity contribution >= 4 is 28.4 Å². The molecule has 0 saturated carbocycles. The van der Waals surface area contributed by atoms with E-state index in [0.29, 0.717) is 0 Å². The van der Waals surface area contributed by atoms with Crippen LogP contribution in [-0.4, -0.2) is 28.7 Å². The molecule has 3 aromatic rings. The highest BCUT2D eigenvalue weighted by molar-refractivity contribution is 8.00. The van der Waals surface area contributed by atoms with Gasteiger partial charge < -0.3 is 9.84 Å². The lowest BCUT2D eigenvalue weighted by Gasteiger charge is -2.08. The molecular weight excluding hydrogens is 341 g/mol. The van der Waals surface area contributed by atoms with Crippen LogP contribution in [0.1, 0.15) is 15.9 Å². The van der Waals surface area contributed by atoms with Gasteiger partial charge in [0.1, 0.15) is 22.3 Å². The molecule has 3 rings (SSSR count). The van der Waals surface area contributed by atoms with Crippen LogP contribution in [0.25, 0.3) is 10.9 Å². The van der Waals surface area contributed by atoms with Gasteiger partial charge in [0.25, 0.3) is 0 Å². The largest absolute Gasteiger partial charge is 0.507 e. The van der Waals surface area contributed by atoms with Crippen LogP contribution in [0.2, 0.25) is 0 Å². The van der Waals surface area contributed by atoms with E-state index < -0.39 is 5.82 Å². The Kier molecular flexibility index (Phi) is 4.90. The van der Waals surface area contributed by atoms with Gasteiger partial charge in [0.05, 0.1) is 23.9 Å². The number of carbonyl (C=O) groups is 1. The molecule has 1 N–H and O–H groups in total. The molecule has 0 saturated heterocycles. The molecule has 128 valence electrons. The zero-order valence-electron chi connectivity index (χ0n) is 13.7. The van der Waals surface area contributed by atoms with E-state index >= 15 is 0 Å². The number of Topliss-reactive ketones (excluding diaryl/α,β-unsaturated/α-hetero) is 1. The van der Waals surface area contributed by atoms with E-state index in [1.54, 1.807) is 7.11 Å². The van der Waals surface area contributed by atoms with Gasteiger partial charge >= 0.3 is 0 Å². The van der Waals surface area contributed by atoms with E-state index in [2.05, 4.69) is 4.98 Å². The molecular formula is C19H16FNO3S. The summed E-state index contributed by atoms with van der Waals surface area (Å²) in [5.41, 5.74) is 1.72. The van der Waals surface area contributed by atoms with Crippen molar-refractivity contribution in [3.8, 4) is 11.5 Å². The Labute approximate surface area is 148 Å². The molecule has 0 aliphatic heterocycles. The number of phenols is 1. The number of fused-ring (bicyclic) bond motifs is 1. The second-order valence-corrected chi connectivity index (χ2v) is 6.51. The zero-order chi connectivity index (χ0) is 18.0. The van der Waals surface area contributed by atoms with E-state index in [0.717, 1.165) is 39.4 Å². The number of carbonyl (C=O) groups excluding carboxylic acids is 1. The highest BCUT2D eigenvalue weighted by Gasteiger charge is 2.14. The van der Waals surface area contributed by atoms with Crippen LogP contribution < -0.4 is 4.74 Å². The third-order valence-corrected chi connectivity index (χ3v) is 4.86. The average molecular weight is 357 g/mol. The summed E-state index contributed by atoms with van der Waals surface area (Å²) in [4.78, 5) is 16.8. The number of aryl methyl sites for hydroxylation is 1. The third-order valence-electron chi connectivity index (χ3n) is 3.77. The lowest BCUT2D eigenvalue weighted by molar-refractivity contribution is 0.101. The second kappa shape index (κ2) is 7.11. The molecule has 0 bridgehead atoms. The number of hydrogen-bond donors (Lipinski definition) is 1. The van der Waals surface area contributed by atoms with Gasteiger partial charge in [-0.2, -0.15) is 0 Å². The normalized spacial score (nSPS) is 10.8. The molecule has 0 aliphatic carbocycles. The van der Waals surface area contributed by atoms with Crippen LogP contribution in [-0.2, 0) is 0 Å². The van der Waals surface area contributed by atoms with E-state index in [4.69, 9.17) is 4.74 Å². The Balaban J connectivity index is 1.82. The fourth-order valence-corrected chi connectivity index (χ4v) is 3.33. The maximum absolute atomic E-state index is 13.3. The fraction of sp³-hybridized carbons (Fsp3) is 0.158. The van der Waals surface area contributed by atoms with Crippen molar-refractivity contribution in [1.82, 2.24) is 4.98 Å². The smallest absolute Gasteiger partial charge is 0.176 e. The number of phenolic OH excluding ortho intramolecular Hbond substituents is 1. The Morgan fingerprint density at radius 2 is 2.04 bits per heavy atom. The highest BCUT2D eigenvalue weighted by Crippen LogP contribution is 2.28. The summed E-state index contributed by atoms with van der Waals surface area (Å²) < 4.78 is 18.5. The van der Waals surface area contributed by atoms with Crippen LogP contribution >= 0.6 is 11.8 Å². The quantitative estimate of drug-likeness (QED) is 0.543. The Morgan fingerprint density at radius 3 is 2.80 bits per heavy atom. The molecule has 1 aromatic heterocycles. The molecule has 6 heteroatoms. The first-order chi connectivity index (χ1) is 12.0. The number of thioether (sulfide) groups is 1. The number of aromatic nitrogens is 1. The monoisotopic (exact) mass is 357 g/mol. The molecule has 0 aliphatic rings. The number of nitrogens with zero attached hydrogens (tertiary/aromatic N) is 1. The van der Waals surface area contributed by atoms with Crippen molar-refractivity contribution in [3.63, 3.8) is 0 Å². The van der Waals surface area contributed by atoms with Crippen LogP contribution in [0.15, 0.2) is 47.5 Å². The summed E-state index contributed by atoms with van der Waals surface area (Å²) in [6, 6.07) is 10.9. The van der Waals surface area contributed by atoms with Crippen molar-refractivity contribution in [1.29, 1.82) is 0 Å². The fourth-order valence-electron chi connectivity index (χ4n) is 2.46. The minimum atomic E-state index is -0.555. The SMILES string of the molecule is COc1ccc2nc(SCC(=O)c3cc(F)ccc3O)c(C)cc2c1. The van der Waals surface area contributed by atoms with Gasteiger partial charge in [-0.3, -0.25) is 4.79 Å². The second-order valence-electron chi connectivity index (χ2n) is 5.54. The maximum atomic E-state index is 13.3. The zero-order valence-corrected chi connectivity index (χ0v) is 14.6. The topological polar surface area (TPSA) is 59.4 Å². The van der Waals surface area contributed by atoms with E-state index in [1.807, 2.05) is 31.2 Å². The number of methoxy groups -OCH3 is 1. The summed E-state index contributed by atoms with van der Waals surface area (Å²) >= 11 is 1.26. The van der Waals surface area contributed by atoms with Gasteiger partial charge in [-0.15, -0.1) is 0 Å². The number of rotatable bonds is 5. The van der Waals surface area contributed by atoms with E-state index in [9.17, 15) is 14.3 Å². The molecule has 0 amide bonds. The lowest BCUT2D eigenvalue weighted by atomic mass is 10.1. The molecule has 2 aromatic carbocycles. The summed E-state index contributed by atoms with van der Waals surface area (Å²) in [6.45, 7) is 1.92. The summed E-state index contributed by atoms with van der Waals surface area (Å²) in [7, 11) is 1.61. The predicted molar refractivity (Wildman–Crippen MR) is 96.2 cm³/mol. The van der Waals surface area contributed by atoms with Crippen molar-refractivity contribution in [3.05, 3.63) is 59.4 Å². The average Bonchev–Trinajstić information content (AvgIpc) is 2.61. The van der Waals surface area contributed by atoms with Gasteiger partial charge in [0.2, 0.25) is 0 Å². The first-order valence-electron chi connectivity index (χ1n) is 7.58. The minimum absolute atomic E-state index is 0.0179. The van der Waals surface area contributed by atoms with Gasteiger partial charge in [-0.25, -0.2) is 9.37 Å². The van der Waals surface area contributed by atoms with Gasteiger partial charge in [0, 0.05) is 5.39 Å². The van der Waals surface area contributed by atoms with Gasteiger partial charge in [0.15, 0.2) is 5.78 Å². The molecule has 0 unspecified atom stereocenters. The third kappa shape index (κ3) is 3.74. The predicted octanol–water partition coefficient (Wildman–Crippen LogP) is 4.37. The van der Waals surface area contributed by atoms with Crippen LogP contribution in [0.3, 0.4) is 0 Å². The number of halogens is 1. The lowest BCUT2D eigenvalue weighted by Crippen LogP contribution is -2.04. The number of pyridine rings is 1. The van der Waals surface area contributed by atoms with Crippen LogP contribution in [0.5, 0.6) is 11.5 Å². The van der Waals surface area contributed by atoms with E-state index in [-0.39, 0.29) is 22.8 Å². The van der Waals surface area contributed by atoms with Crippen LogP contribution in [0, 0.1) is 12.7 Å². The first kappa shape index (κ1) is 17.2. The number of benzene rings is 2. The summed E-state index contributed by atoms with van der Waals surface area (Å²) in [6.07, 6.45) is 0. The highest BCUT2D eigenvalue weighted by atomic mass is 32.2. The van der Waals surface area contributed by atoms with Gasteiger partial charge in [-0.1, -0.05) is 11.8 Å². The molecule has 0 spiro atoms. The number of ketones is 1. The number of hydrogen-bond acceptors (Lipinski definition) is 5. The molecule has 25 heavy (non-hydrogen) atoms. The molecule has 4 nitrogen and oxygen atoms in total. The van der Waals surface area contributed by atoms with Crippen molar-refractivity contribution in [2.24, 2.45) is 0 Å². The first-order valence-corrected chi connectivity index (χ1v) is 8.56. The van der Waals surface area contributed by atoms with Crippen molar-refractivity contribution < 1.29 is 19.0 Å². The van der Waals surface area contributed by atoms with Crippen molar-refractivity contribution in [2.75, 3.05) is 12.9 Å². The molecule has 1 heterocycles. The molecule has 0 radical (unpaired) electrons. The minimum Gasteiger partial charge on any atom is -0.507 e. The Bertz CT molecular complexity index is 959. The maximum Gasteiger partial charge on any atom is 0.176 e. The van der Waals surface area contributed by atoms with Gasteiger partial charge in [-0.05, 0) is 55.0 Å². The summed E-state index contributed by atoms with van der Waals surface area (Å²) in [5, 5.41) is 11.4.